The molecule has 106 valence electrons. The molecule has 0 aliphatic heterocycles. The monoisotopic (exact) mass is 269 g/mol. The van der Waals surface area contributed by atoms with E-state index in [-0.39, 0.29) is 6.04 Å². The molecule has 0 radical (unpaired) electrons. The summed E-state index contributed by atoms with van der Waals surface area (Å²) in [6, 6.07) is 12.4. The number of hydrogen-bond acceptors (Lipinski definition) is 2. The van der Waals surface area contributed by atoms with Crippen LogP contribution in [0.2, 0.25) is 0 Å². The third-order valence-electron chi connectivity index (χ3n) is 3.62. The second-order valence-corrected chi connectivity index (χ2v) is 5.49. The molecule has 0 aliphatic rings. The van der Waals surface area contributed by atoms with Crippen LogP contribution in [0.15, 0.2) is 36.4 Å². The molecule has 2 heteroatoms. The molecule has 2 aromatic rings. The molecule has 0 amide bonds. The van der Waals surface area contributed by atoms with Gasteiger partial charge in [0.1, 0.15) is 12.4 Å². The Morgan fingerprint density at radius 3 is 2.25 bits per heavy atom. The predicted molar refractivity (Wildman–Crippen MR) is 84.0 cm³/mol. The molecular formula is C18H23NO. The highest BCUT2D eigenvalue weighted by atomic mass is 16.5. The second-order valence-electron chi connectivity index (χ2n) is 5.49. The summed E-state index contributed by atoms with van der Waals surface area (Å²) in [5, 5.41) is 0. The SMILES string of the molecule is Cc1cc(C)c(COc2ccccc2[C@@H](C)N)c(C)c1. The first-order chi connectivity index (χ1) is 9.49. The van der Waals surface area contributed by atoms with E-state index in [1.165, 1.54) is 22.3 Å². The first-order valence-corrected chi connectivity index (χ1v) is 7.03. The molecule has 2 rings (SSSR count). The highest BCUT2D eigenvalue weighted by Crippen LogP contribution is 2.25. The highest BCUT2D eigenvalue weighted by Gasteiger charge is 2.09. The average Bonchev–Trinajstić information content (AvgIpc) is 2.37. The van der Waals surface area contributed by atoms with Crippen LogP contribution in [0.25, 0.3) is 0 Å². The van der Waals surface area contributed by atoms with Crippen molar-refractivity contribution < 1.29 is 4.74 Å². The molecule has 0 heterocycles. The Balaban J connectivity index is 2.22. The van der Waals surface area contributed by atoms with Crippen molar-refractivity contribution in [2.45, 2.75) is 40.3 Å². The van der Waals surface area contributed by atoms with Crippen LogP contribution in [0.5, 0.6) is 5.75 Å². The summed E-state index contributed by atoms with van der Waals surface area (Å²) in [7, 11) is 0. The largest absolute Gasteiger partial charge is 0.489 e. The minimum absolute atomic E-state index is 0.0218. The van der Waals surface area contributed by atoms with Crippen molar-refractivity contribution in [2.75, 3.05) is 0 Å². The number of aryl methyl sites for hydroxylation is 3. The lowest BCUT2D eigenvalue weighted by Crippen LogP contribution is -2.08. The van der Waals surface area contributed by atoms with Gasteiger partial charge < -0.3 is 10.5 Å². The third-order valence-corrected chi connectivity index (χ3v) is 3.62. The van der Waals surface area contributed by atoms with Crippen LogP contribution in [-0.2, 0) is 6.61 Å². The van der Waals surface area contributed by atoms with Gasteiger partial charge in [0.25, 0.3) is 0 Å². The Labute approximate surface area is 121 Å². The Hall–Kier alpha value is -1.80. The van der Waals surface area contributed by atoms with Crippen molar-refractivity contribution >= 4 is 0 Å². The number of ether oxygens (including phenoxy) is 1. The van der Waals surface area contributed by atoms with Gasteiger partial charge in [0, 0.05) is 11.6 Å². The molecule has 2 nitrogen and oxygen atoms in total. The lowest BCUT2D eigenvalue weighted by Gasteiger charge is -2.16. The second kappa shape index (κ2) is 6.10. The molecule has 0 saturated carbocycles. The molecule has 1 atom stereocenters. The van der Waals surface area contributed by atoms with Gasteiger partial charge in [-0.1, -0.05) is 35.9 Å². The minimum Gasteiger partial charge on any atom is -0.489 e. The summed E-state index contributed by atoms with van der Waals surface area (Å²) in [4.78, 5) is 0. The van der Waals surface area contributed by atoms with Gasteiger partial charge in [-0.15, -0.1) is 0 Å². The van der Waals surface area contributed by atoms with Crippen LogP contribution < -0.4 is 10.5 Å². The molecule has 20 heavy (non-hydrogen) atoms. The number of nitrogens with two attached hydrogens (primary N) is 1. The van der Waals surface area contributed by atoms with E-state index < -0.39 is 0 Å². The number of para-hydroxylation sites is 1. The summed E-state index contributed by atoms with van der Waals surface area (Å²) in [5.41, 5.74) is 12.1. The summed E-state index contributed by atoms with van der Waals surface area (Å²) in [6.07, 6.45) is 0. The summed E-state index contributed by atoms with van der Waals surface area (Å²) in [5.74, 6) is 0.877. The van der Waals surface area contributed by atoms with Crippen LogP contribution in [0, 0.1) is 20.8 Å². The fraction of sp³-hybridized carbons (Fsp3) is 0.333. The third kappa shape index (κ3) is 3.20. The lowest BCUT2D eigenvalue weighted by atomic mass is 10.0. The first-order valence-electron chi connectivity index (χ1n) is 7.03. The fourth-order valence-corrected chi connectivity index (χ4v) is 2.58. The number of hydrogen-bond donors (Lipinski definition) is 1. The molecular weight excluding hydrogens is 246 g/mol. The Morgan fingerprint density at radius 2 is 1.65 bits per heavy atom. The van der Waals surface area contributed by atoms with Crippen LogP contribution >= 0.6 is 0 Å². The van der Waals surface area contributed by atoms with Crippen molar-refractivity contribution in [1.82, 2.24) is 0 Å². The van der Waals surface area contributed by atoms with Crippen molar-refractivity contribution in [2.24, 2.45) is 5.73 Å². The maximum absolute atomic E-state index is 6.01. The van der Waals surface area contributed by atoms with E-state index in [0.717, 1.165) is 11.3 Å². The highest BCUT2D eigenvalue weighted by molar-refractivity contribution is 5.39. The molecule has 2 N–H and O–H groups in total. The van der Waals surface area contributed by atoms with Crippen LogP contribution in [0.1, 0.15) is 40.8 Å². The smallest absolute Gasteiger partial charge is 0.124 e. The number of rotatable bonds is 4. The molecule has 0 aliphatic carbocycles. The van der Waals surface area contributed by atoms with Crippen LogP contribution in [0.3, 0.4) is 0 Å². The van der Waals surface area contributed by atoms with Gasteiger partial charge in [-0.3, -0.25) is 0 Å². The molecule has 0 saturated heterocycles. The zero-order chi connectivity index (χ0) is 14.7. The van der Waals surface area contributed by atoms with E-state index in [4.69, 9.17) is 10.5 Å². The van der Waals surface area contributed by atoms with Gasteiger partial charge in [0.15, 0.2) is 0 Å². The maximum Gasteiger partial charge on any atom is 0.124 e. The number of benzene rings is 2. The molecule has 0 unspecified atom stereocenters. The van der Waals surface area contributed by atoms with Crippen LogP contribution in [0.4, 0.5) is 0 Å². The van der Waals surface area contributed by atoms with E-state index in [1.807, 2.05) is 31.2 Å². The topological polar surface area (TPSA) is 35.2 Å². The normalized spacial score (nSPS) is 12.2. The average molecular weight is 269 g/mol. The summed E-state index contributed by atoms with van der Waals surface area (Å²) >= 11 is 0. The van der Waals surface area contributed by atoms with Gasteiger partial charge >= 0.3 is 0 Å². The molecule has 0 fully saturated rings. The minimum atomic E-state index is -0.0218. The molecule has 0 aromatic heterocycles. The van der Waals surface area contributed by atoms with E-state index in [2.05, 4.69) is 32.9 Å². The van der Waals surface area contributed by atoms with E-state index in [9.17, 15) is 0 Å². The van der Waals surface area contributed by atoms with Crippen molar-refractivity contribution in [3.8, 4) is 5.75 Å². The van der Waals surface area contributed by atoms with Crippen LogP contribution in [-0.4, -0.2) is 0 Å². The Kier molecular flexibility index (Phi) is 4.46. The summed E-state index contributed by atoms with van der Waals surface area (Å²) < 4.78 is 6.01. The molecule has 0 spiro atoms. The first kappa shape index (κ1) is 14.6. The standard InChI is InChI=1S/C18H23NO/c1-12-9-13(2)17(14(3)10-12)11-20-18-8-6-5-7-16(18)15(4)19/h5-10,15H,11,19H2,1-4H3/t15-/m1/s1. The van der Waals surface area contributed by atoms with Gasteiger partial charge in [0.2, 0.25) is 0 Å². The van der Waals surface area contributed by atoms with Gasteiger partial charge in [-0.25, -0.2) is 0 Å². The molecule has 2 aromatic carbocycles. The van der Waals surface area contributed by atoms with E-state index in [1.54, 1.807) is 0 Å². The predicted octanol–water partition coefficient (Wildman–Crippen LogP) is 4.21. The fourth-order valence-electron chi connectivity index (χ4n) is 2.58. The lowest BCUT2D eigenvalue weighted by molar-refractivity contribution is 0.300. The van der Waals surface area contributed by atoms with Gasteiger partial charge in [0.05, 0.1) is 0 Å². The maximum atomic E-state index is 6.01. The summed E-state index contributed by atoms with van der Waals surface area (Å²) in [6.45, 7) is 8.95. The van der Waals surface area contributed by atoms with Crippen molar-refractivity contribution in [3.05, 3.63) is 64.2 Å². The van der Waals surface area contributed by atoms with Crippen molar-refractivity contribution in [3.63, 3.8) is 0 Å². The Morgan fingerprint density at radius 1 is 1.05 bits per heavy atom. The van der Waals surface area contributed by atoms with E-state index >= 15 is 0 Å². The quantitative estimate of drug-likeness (QED) is 0.902. The zero-order valence-electron chi connectivity index (χ0n) is 12.7. The van der Waals surface area contributed by atoms with Crippen molar-refractivity contribution in [1.29, 1.82) is 0 Å². The van der Waals surface area contributed by atoms with E-state index in [0.29, 0.717) is 6.61 Å². The van der Waals surface area contributed by atoms with Gasteiger partial charge in [-0.2, -0.15) is 0 Å². The Bertz CT molecular complexity index is 579. The molecule has 0 bridgehead atoms. The van der Waals surface area contributed by atoms with Gasteiger partial charge in [-0.05, 0) is 50.5 Å². The zero-order valence-corrected chi connectivity index (χ0v) is 12.7.